The van der Waals surface area contributed by atoms with Crippen molar-refractivity contribution in [2.75, 3.05) is 13.1 Å². The number of aromatic amines is 1. The first-order valence-electron chi connectivity index (χ1n) is 7.13. The third-order valence-corrected chi connectivity index (χ3v) is 5.98. The molecule has 118 valence electrons. The van der Waals surface area contributed by atoms with Gasteiger partial charge in [0.25, 0.3) is 10.0 Å². The molecule has 1 aliphatic rings. The number of piperidine rings is 1. The summed E-state index contributed by atoms with van der Waals surface area (Å²) in [5, 5.41) is 9.48. The summed E-state index contributed by atoms with van der Waals surface area (Å²) in [5.74, 6) is -0.325. The van der Waals surface area contributed by atoms with E-state index in [-0.39, 0.29) is 11.6 Å². The second-order valence-electron chi connectivity index (χ2n) is 5.43. The van der Waals surface area contributed by atoms with E-state index >= 15 is 0 Å². The number of rotatable bonds is 5. The number of hydrogen-bond donors (Lipinski definition) is 2. The van der Waals surface area contributed by atoms with Crippen molar-refractivity contribution in [3.8, 4) is 0 Å². The van der Waals surface area contributed by atoms with Gasteiger partial charge in [-0.3, -0.25) is 4.79 Å². The monoisotopic (exact) mass is 315 g/mol. The van der Waals surface area contributed by atoms with Crippen LogP contribution in [0.5, 0.6) is 0 Å². The number of aliphatic carboxylic acids is 1. The van der Waals surface area contributed by atoms with Gasteiger partial charge in [0.05, 0.1) is 11.6 Å². The summed E-state index contributed by atoms with van der Waals surface area (Å²) in [4.78, 5) is 18.3. The van der Waals surface area contributed by atoms with Crippen molar-refractivity contribution in [1.29, 1.82) is 0 Å². The Labute approximate surface area is 124 Å². The summed E-state index contributed by atoms with van der Waals surface area (Å²) >= 11 is 0. The lowest BCUT2D eigenvalue weighted by atomic mass is 9.78. The number of nitrogens with one attached hydrogen (secondary N) is 1. The van der Waals surface area contributed by atoms with Crippen molar-refractivity contribution in [2.24, 2.45) is 5.41 Å². The fraction of sp³-hybridized carbons (Fsp3) is 0.692. The minimum absolute atomic E-state index is 0.0155. The molecule has 8 heteroatoms. The van der Waals surface area contributed by atoms with E-state index in [1.807, 2.05) is 6.92 Å². The molecule has 0 aromatic carbocycles. The van der Waals surface area contributed by atoms with E-state index in [1.165, 1.54) is 10.5 Å². The number of H-pyrrole nitrogens is 1. The number of carbonyl (C=O) groups is 1. The number of aryl methyl sites for hydroxylation is 1. The number of hydrogen-bond acceptors (Lipinski definition) is 4. The Balaban J connectivity index is 2.30. The van der Waals surface area contributed by atoms with E-state index < -0.39 is 21.4 Å². The molecule has 0 spiro atoms. The van der Waals surface area contributed by atoms with Gasteiger partial charge < -0.3 is 10.1 Å². The molecule has 2 N–H and O–H groups in total. The molecule has 0 amide bonds. The number of sulfonamides is 1. The van der Waals surface area contributed by atoms with E-state index in [0.29, 0.717) is 38.1 Å². The summed E-state index contributed by atoms with van der Waals surface area (Å²) in [6.45, 7) is 4.03. The van der Waals surface area contributed by atoms with Gasteiger partial charge in [0.15, 0.2) is 5.03 Å². The number of carboxylic acids is 1. The third-order valence-electron chi connectivity index (χ3n) is 4.23. The topological polar surface area (TPSA) is 103 Å². The Morgan fingerprint density at radius 1 is 1.52 bits per heavy atom. The number of nitrogens with zero attached hydrogens (tertiary/aromatic N) is 2. The maximum atomic E-state index is 12.6. The fourth-order valence-electron chi connectivity index (χ4n) is 2.70. The Kier molecular flexibility index (Phi) is 4.38. The molecule has 1 aromatic rings. The largest absolute Gasteiger partial charge is 0.481 e. The van der Waals surface area contributed by atoms with E-state index in [2.05, 4.69) is 9.97 Å². The quantitative estimate of drug-likeness (QED) is 0.851. The van der Waals surface area contributed by atoms with Crippen molar-refractivity contribution in [3.63, 3.8) is 0 Å². The van der Waals surface area contributed by atoms with Gasteiger partial charge in [-0.25, -0.2) is 13.4 Å². The first kappa shape index (κ1) is 16.0. The summed E-state index contributed by atoms with van der Waals surface area (Å²) < 4.78 is 26.5. The highest BCUT2D eigenvalue weighted by molar-refractivity contribution is 7.89. The van der Waals surface area contributed by atoms with E-state index in [0.717, 1.165) is 0 Å². The van der Waals surface area contributed by atoms with Crippen molar-refractivity contribution in [1.82, 2.24) is 14.3 Å². The highest BCUT2D eigenvalue weighted by Gasteiger charge is 2.44. The first-order valence-corrected chi connectivity index (χ1v) is 8.57. The molecule has 1 fully saturated rings. The summed E-state index contributed by atoms with van der Waals surface area (Å²) in [5.41, 5.74) is -0.987. The van der Waals surface area contributed by atoms with Crippen LogP contribution in [0, 0.1) is 5.41 Å². The van der Waals surface area contributed by atoms with Crippen molar-refractivity contribution >= 4 is 16.0 Å². The van der Waals surface area contributed by atoms with Gasteiger partial charge in [0.1, 0.15) is 5.82 Å². The molecular formula is C13H21N3O4S. The van der Waals surface area contributed by atoms with Crippen LogP contribution in [0.2, 0.25) is 0 Å². The highest BCUT2D eigenvalue weighted by Crippen LogP contribution is 2.35. The molecule has 21 heavy (non-hydrogen) atoms. The van der Waals surface area contributed by atoms with Crippen LogP contribution in [0.25, 0.3) is 0 Å². The molecule has 0 radical (unpaired) electrons. The van der Waals surface area contributed by atoms with E-state index in [1.54, 1.807) is 6.92 Å². The van der Waals surface area contributed by atoms with Crippen LogP contribution in [-0.2, 0) is 21.2 Å². The maximum absolute atomic E-state index is 12.6. The van der Waals surface area contributed by atoms with Crippen LogP contribution in [0.15, 0.2) is 11.2 Å². The first-order chi connectivity index (χ1) is 9.85. The summed E-state index contributed by atoms with van der Waals surface area (Å²) in [6, 6.07) is 0. The zero-order valence-electron chi connectivity index (χ0n) is 12.3. The zero-order chi connectivity index (χ0) is 15.7. The smallest absolute Gasteiger partial charge is 0.310 e. The number of imidazole rings is 1. The molecule has 1 saturated heterocycles. The highest BCUT2D eigenvalue weighted by atomic mass is 32.2. The Hall–Kier alpha value is -1.41. The van der Waals surface area contributed by atoms with Gasteiger partial charge in [-0.15, -0.1) is 0 Å². The Morgan fingerprint density at radius 2 is 2.24 bits per heavy atom. The normalized spacial score (nSPS) is 24.1. The van der Waals surface area contributed by atoms with Crippen LogP contribution in [0.3, 0.4) is 0 Å². The molecule has 0 bridgehead atoms. The van der Waals surface area contributed by atoms with Gasteiger partial charge in [-0.1, -0.05) is 13.8 Å². The van der Waals surface area contributed by atoms with Crippen LogP contribution < -0.4 is 0 Å². The average molecular weight is 315 g/mol. The van der Waals surface area contributed by atoms with Crippen LogP contribution >= 0.6 is 0 Å². The standard InChI is InChI=1S/C13H21N3O4S/c1-3-10-14-8-11(15-10)21(19,20)16-7-5-6-13(4-2,9-16)12(17)18/h8H,3-7,9H2,1-2H3,(H,14,15)(H,17,18). The molecule has 2 rings (SSSR count). The second kappa shape index (κ2) is 5.76. The van der Waals surface area contributed by atoms with E-state index in [4.69, 9.17) is 0 Å². The molecule has 0 saturated carbocycles. The minimum Gasteiger partial charge on any atom is -0.481 e. The lowest BCUT2D eigenvalue weighted by Gasteiger charge is -2.38. The summed E-state index contributed by atoms with van der Waals surface area (Å²) in [7, 11) is -3.71. The van der Waals surface area contributed by atoms with Crippen LogP contribution in [0.4, 0.5) is 0 Å². The summed E-state index contributed by atoms with van der Waals surface area (Å²) in [6.07, 6.45) is 3.39. The van der Waals surface area contributed by atoms with Gasteiger partial charge in [-0.2, -0.15) is 4.31 Å². The Bertz CT molecular complexity index is 625. The van der Waals surface area contributed by atoms with Crippen molar-refractivity contribution < 1.29 is 18.3 Å². The van der Waals surface area contributed by atoms with Crippen LogP contribution in [0.1, 0.15) is 38.9 Å². The van der Waals surface area contributed by atoms with Crippen molar-refractivity contribution in [3.05, 3.63) is 12.0 Å². The molecule has 1 aliphatic heterocycles. The van der Waals surface area contributed by atoms with Gasteiger partial charge in [0, 0.05) is 19.5 Å². The molecule has 1 aromatic heterocycles. The number of carboxylic acid groups (broad SMARTS) is 1. The SMILES string of the molecule is CCc1ncc(S(=O)(=O)N2CCCC(CC)(C(=O)O)C2)[nH]1. The predicted molar refractivity (Wildman–Crippen MR) is 76.3 cm³/mol. The Morgan fingerprint density at radius 3 is 2.76 bits per heavy atom. The van der Waals surface area contributed by atoms with Gasteiger partial charge in [-0.05, 0) is 19.3 Å². The van der Waals surface area contributed by atoms with E-state index in [9.17, 15) is 18.3 Å². The molecule has 7 nitrogen and oxygen atoms in total. The lowest BCUT2D eigenvalue weighted by Crippen LogP contribution is -2.49. The maximum Gasteiger partial charge on any atom is 0.310 e. The molecule has 1 unspecified atom stereocenters. The lowest BCUT2D eigenvalue weighted by molar-refractivity contribution is -0.151. The average Bonchev–Trinajstić information content (AvgIpc) is 2.96. The zero-order valence-corrected chi connectivity index (χ0v) is 13.1. The van der Waals surface area contributed by atoms with Crippen molar-refractivity contribution in [2.45, 2.75) is 44.6 Å². The van der Waals surface area contributed by atoms with Crippen LogP contribution in [-0.4, -0.2) is 46.9 Å². The van der Waals surface area contributed by atoms with Gasteiger partial charge in [0.2, 0.25) is 0 Å². The minimum atomic E-state index is -3.71. The molecule has 0 aliphatic carbocycles. The third kappa shape index (κ3) is 2.82. The molecule has 2 heterocycles. The molecule has 1 atom stereocenters. The second-order valence-corrected chi connectivity index (χ2v) is 7.34. The van der Waals surface area contributed by atoms with Gasteiger partial charge >= 0.3 is 5.97 Å². The number of aromatic nitrogens is 2. The fourth-order valence-corrected chi connectivity index (χ4v) is 4.20. The molecular weight excluding hydrogens is 294 g/mol. The predicted octanol–water partition coefficient (Wildman–Crippen LogP) is 1.24.